The van der Waals surface area contributed by atoms with Gasteiger partial charge in [-0.05, 0) is 57.4 Å². The highest BCUT2D eigenvalue weighted by atomic mass is 16.5. The highest BCUT2D eigenvalue weighted by Crippen LogP contribution is 2.12. The lowest BCUT2D eigenvalue weighted by Crippen LogP contribution is -2.18. The van der Waals surface area contributed by atoms with Crippen LogP contribution in [0.15, 0.2) is 36.5 Å². The van der Waals surface area contributed by atoms with Crippen molar-refractivity contribution in [1.29, 1.82) is 0 Å². The van der Waals surface area contributed by atoms with Gasteiger partial charge in [0.05, 0.1) is 12.7 Å². The Morgan fingerprint density at radius 2 is 1.88 bits per heavy atom. The summed E-state index contributed by atoms with van der Waals surface area (Å²) in [6.07, 6.45) is 2.48. The van der Waals surface area contributed by atoms with Gasteiger partial charge in [-0.2, -0.15) is 0 Å². The predicted molar refractivity (Wildman–Crippen MR) is 99.4 cm³/mol. The van der Waals surface area contributed by atoms with Crippen molar-refractivity contribution < 1.29 is 14.3 Å². The van der Waals surface area contributed by atoms with Crippen LogP contribution in [0.2, 0.25) is 0 Å². The highest BCUT2D eigenvalue weighted by molar-refractivity contribution is 6.03. The number of aromatic nitrogens is 2. The van der Waals surface area contributed by atoms with Crippen LogP contribution in [-0.4, -0.2) is 61.0 Å². The molecule has 0 bridgehead atoms. The van der Waals surface area contributed by atoms with E-state index in [0.717, 1.165) is 19.5 Å². The number of nitrogens with zero attached hydrogens (tertiary/aromatic N) is 3. The fourth-order valence-corrected chi connectivity index (χ4v) is 2.17. The van der Waals surface area contributed by atoms with Gasteiger partial charge >= 0.3 is 5.97 Å². The van der Waals surface area contributed by atoms with Crippen LogP contribution in [0.3, 0.4) is 0 Å². The van der Waals surface area contributed by atoms with Gasteiger partial charge in [0.1, 0.15) is 5.69 Å². The van der Waals surface area contributed by atoms with Crippen molar-refractivity contribution in [3.8, 4) is 0 Å². The van der Waals surface area contributed by atoms with E-state index in [1.165, 1.54) is 13.3 Å². The minimum Gasteiger partial charge on any atom is -0.465 e. The zero-order chi connectivity index (χ0) is 18.9. The molecule has 8 heteroatoms. The molecule has 0 fully saturated rings. The Kier molecular flexibility index (Phi) is 7.04. The molecule has 1 aromatic heterocycles. The summed E-state index contributed by atoms with van der Waals surface area (Å²) in [6, 6.07) is 7.97. The molecule has 2 N–H and O–H groups in total. The van der Waals surface area contributed by atoms with Crippen LogP contribution in [0, 0.1) is 0 Å². The summed E-state index contributed by atoms with van der Waals surface area (Å²) in [7, 11) is 5.34. The zero-order valence-corrected chi connectivity index (χ0v) is 15.2. The van der Waals surface area contributed by atoms with E-state index in [2.05, 4.69) is 30.2 Å². The number of anilines is 2. The maximum atomic E-state index is 12.3. The second-order valence-corrected chi connectivity index (χ2v) is 5.87. The molecule has 8 nitrogen and oxygen atoms in total. The summed E-state index contributed by atoms with van der Waals surface area (Å²) in [5.41, 5.74) is 1.23. The number of carbonyl (C=O) groups excluding carboxylic acids is 2. The first-order valence-corrected chi connectivity index (χ1v) is 8.21. The van der Waals surface area contributed by atoms with Crippen molar-refractivity contribution in [2.24, 2.45) is 0 Å². The standard InChI is InChI=1S/C18H23N5O3/c1-23(2)12-4-10-19-18-20-11-9-15(22-18)16(24)21-14-7-5-13(6-8-14)17(25)26-3/h5-9,11H,4,10,12H2,1-3H3,(H,21,24)(H,19,20,22). The van der Waals surface area contributed by atoms with Crippen LogP contribution in [0.1, 0.15) is 27.3 Å². The molecule has 1 aromatic carbocycles. The summed E-state index contributed by atoms with van der Waals surface area (Å²) in [6.45, 7) is 1.67. The number of amides is 1. The number of rotatable bonds is 8. The van der Waals surface area contributed by atoms with Crippen molar-refractivity contribution in [2.75, 3.05) is 44.9 Å². The van der Waals surface area contributed by atoms with Gasteiger partial charge in [-0.3, -0.25) is 4.79 Å². The quantitative estimate of drug-likeness (QED) is 0.550. The van der Waals surface area contributed by atoms with Gasteiger partial charge < -0.3 is 20.3 Å². The topological polar surface area (TPSA) is 96.4 Å². The molecule has 2 rings (SSSR count). The Morgan fingerprint density at radius 1 is 1.15 bits per heavy atom. The molecule has 0 atom stereocenters. The summed E-state index contributed by atoms with van der Waals surface area (Å²) in [5.74, 6) is -0.365. The van der Waals surface area contributed by atoms with Crippen molar-refractivity contribution in [2.45, 2.75) is 6.42 Å². The fraction of sp³-hybridized carbons (Fsp3) is 0.333. The molecular weight excluding hydrogens is 334 g/mol. The fourth-order valence-electron chi connectivity index (χ4n) is 2.17. The van der Waals surface area contributed by atoms with Crippen molar-refractivity contribution in [1.82, 2.24) is 14.9 Å². The molecule has 0 spiro atoms. The lowest BCUT2D eigenvalue weighted by Gasteiger charge is -2.10. The maximum absolute atomic E-state index is 12.3. The predicted octanol–water partition coefficient (Wildman–Crippen LogP) is 1.88. The molecule has 2 aromatic rings. The summed E-state index contributed by atoms with van der Waals surface area (Å²) >= 11 is 0. The molecule has 1 amide bonds. The number of methoxy groups -OCH3 is 1. The molecule has 0 radical (unpaired) electrons. The summed E-state index contributed by atoms with van der Waals surface area (Å²) in [5, 5.41) is 5.84. The van der Waals surface area contributed by atoms with Gasteiger partial charge in [0.2, 0.25) is 5.95 Å². The van der Waals surface area contributed by atoms with Gasteiger partial charge in [0, 0.05) is 18.4 Å². The second kappa shape index (κ2) is 9.47. The van der Waals surface area contributed by atoms with Gasteiger partial charge in [-0.25, -0.2) is 14.8 Å². The number of benzene rings is 1. The monoisotopic (exact) mass is 357 g/mol. The van der Waals surface area contributed by atoms with Crippen molar-refractivity contribution >= 4 is 23.5 Å². The van der Waals surface area contributed by atoms with Gasteiger partial charge in [-0.1, -0.05) is 0 Å². The Balaban J connectivity index is 1.94. The van der Waals surface area contributed by atoms with Crippen molar-refractivity contribution in [3.63, 3.8) is 0 Å². The summed E-state index contributed by atoms with van der Waals surface area (Å²) in [4.78, 5) is 34.2. The largest absolute Gasteiger partial charge is 0.465 e. The number of nitrogens with one attached hydrogen (secondary N) is 2. The number of esters is 1. The van der Waals surface area contributed by atoms with E-state index in [4.69, 9.17) is 0 Å². The third-order valence-corrected chi connectivity index (χ3v) is 3.52. The molecule has 138 valence electrons. The molecule has 1 heterocycles. The SMILES string of the molecule is COC(=O)c1ccc(NC(=O)c2ccnc(NCCCN(C)C)n2)cc1. The third-order valence-electron chi connectivity index (χ3n) is 3.52. The van der Waals surface area contributed by atoms with Crippen LogP contribution >= 0.6 is 0 Å². The van der Waals surface area contributed by atoms with Gasteiger partial charge in [0.25, 0.3) is 5.91 Å². The average molecular weight is 357 g/mol. The lowest BCUT2D eigenvalue weighted by molar-refractivity contribution is 0.0600. The molecule has 0 aliphatic carbocycles. The van der Waals surface area contributed by atoms with E-state index in [1.807, 2.05) is 14.1 Å². The van der Waals surface area contributed by atoms with Gasteiger partial charge in [0.15, 0.2) is 0 Å². The molecule has 0 saturated carbocycles. The number of ether oxygens (including phenoxy) is 1. The first kappa shape index (κ1) is 19.3. The first-order valence-electron chi connectivity index (χ1n) is 8.21. The minimum absolute atomic E-state index is 0.257. The molecule has 26 heavy (non-hydrogen) atoms. The molecule has 0 unspecified atom stereocenters. The van der Waals surface area contributed by atoms with E-state index in [0.29, 0.717) is 17.2 Å². The lowest BCUT2D eigenvalue weighted by atomic mass is 10.2. The van der Waals surface area contributed by atoms with E-state index >= 15 is 0 Å². The number of hydrogen-bond donors (Lipinski definition) is 2. The average Bonchev–Trinajstić information content (AvgIpc) is 2.65. The van der Waals surface area contributed by atoms with Crippen LogP contribution in [0.5, 0.6) is 0 Å². The van der Waals surface area contributed by atoms with Crippen LogP contribution < -0.4 is 10.6 Å². The maximum Gasteiger partial charge on any atom is 0.337 e. The normalized spacial score (nSPS) is 10.5. The number of hydrogen-bond acceptors (Lipinski definition) is 7. The van der Waals surface area contributed by atoms with Crippen LogP contribution in [0.4, 0.5) is 11.6 Å². The summed E-state index contributed by atoms with van der Waals surface area (Å²) < 4.78 is 4.64. The second-order valence-electron chi connectivity index (χ2n) is 5.87. The zero-order valence-electron chi connectivity index (χ0n) is 15.2. The Hall–Kier alpha value is -3.00. The van der Waals surface area contributed by atoms with E-state index in [1.54, 1.807) is 30.3 Å². The van der Waals surface area contributed by atoms with Crippen molar-refractivity contribution in [3.05, 3.63) is 47.8 Å². The molecule has 0 saturated heterocycles. The Bertz CT molecular complexity index is 747. The van der Waals surface area contributed by atoms with E-state index in [9.17, 15) is 9.59 Å². The van der Waals surface area contributed by atoms with Gasteiger partial charge in [-0.15, -0.1) is 0 Å². The highest BCUT2D eigenvalue weighted by Gasteiger charge is 2.10. The minimum atomic E-state index is -0.427. The van der Waals surface area contributed by atoms with E-state index in [-0.39, 0.29) is 11.6 Å². The Morgan fingerprint density at radius 3 is 2.54 bits per heavy atom. The third kappa shape index (κ3) is 5.82. The smallest absolute Gasteiger partial charge is 0.337 e. The van der Waals surface area contributed by atoms with Crippen LogP contribution in [-0.2, 0) is 4.74 Å². The Labute approximate surface area is 152 Å². The number of carbonyl (C=O) groups is 2. The molecular formula is C18H23N5O3. The van der Waals surface area contributed by atoms with E-state index < -0.39 is 5.97 Å². The molecule has 0 aliphatic rings. The van der Waals surface area contributed by atoms with Crippen LogP contribution in [0.25, 0.3) is 0 Å². The first-order chi connectivity index (χ1) is 12.5. The molecule has 0 aliphatic heterocycles.